The second-order valence-electron chi connectivity index (χ2n) is 1.78. The summed E-state index contributed by atoms with van der Waals surface area (Å²) in [5.74, 6) is 0.264. The van der Waals surface area contributed by atoms with E-state index >= 15 is 0 Å². The van der Waals surface area contributed by atoms with Gasteiger partial charge in [0, 0.05) is 6.21 Å². The molecule has 2 heterocycles. The molecule has 2 aliphatic heterocycles. The highest BCUT2D eigenvalue weighted by molar-refractivity contribution is 6.03. The Hall–Kier alpha value is -0.860. The summed E-state index contributed by atoms with van der Waals surface area (Å²) >= 11 is 0. The topological polar surface area (TPSA) is 41.5 Å². The molecule has 0 bridgehead atoms. The normalized spacial score (nSPS) is 43.1. The Morgan fingerprint density at radius 1 is 1.86 bits per heavy atom. The maximum atomic E-state index is 10.3. The van der Waals surface area contributed by atoms with Crippen molar-refractivity contribution < 1.29 is 4.79 Å². The van der Waals surface area contributed by atoms with E-state index in [0.717, 1.165) is 0 Å². The average molecular weight is 96.1 g/mol. The van der Waals surface area contributed by atoms with E-state index in [1.54, 1.807) is 6.21 Å². The zero-order valence-electron chi connectivity index (χ0n) is 3.59. The lowest BCUT2D eigenvalue weighted by Gasteiger charge is -2.37. The molecule has 0 saturated carbocycles. The largest absolute Gasteiger partial charge is 0.333 e. The van der Waals surface area contributed by atoms with Crippen molar-refractivity contribution in [3.63, 3.8) is 0 Å². The van der Waals surface area contributed by atoms with Crippen molar-refractivity contribution in [2.75, 3.05) is 0 Å². The Morgan fingerprint density at radius 2 is 2.71 bits per heavy atom. The monoisotopic (exact) mass is 96.0 g/mol. The standard InChI is InChI=1S/C4H4N2O/c7-4-2-1-5-3(2)6-4/h1-3H,(H,6,7). The number of nitrogens with one attached hydrogen (secondary N) is 1. The van der Waals surface area contributed by atoms with Crippen molar-refractivity contribution in [1.82, 2.24) is 5.32 Å². The van der Waals surface area contributed by atoms with Crippen LogP contribution < -0.4 is 5.32 Å². The average Bonchev–Trinajstić information content (AvgIpc) is 1.59. The predicted molar refractivity (Wildman–Crippen MR) is 23.9 cm³/mol. The summed E-state index contributed by atoms with van der Waals surface area (Å²) < 4.78 is 0. The molecule has 1 amide bonds. The summed E-state index contributed by atoms with van der Waals surface area (Å²) in [5, 5.41) is 2.61. The quantitative estimate of drug-likeness (QED) is 0.392. The second-order valence-corrected chi connectivity index (χ2v) is 1.78. The third-order valence-corrected chi connectivity index (χ3v) is 1.34. The van der Waals surface area contributed by atoms with Gasteiger partial charge in [-0.1, -0.05) is 0 Å². The Morgan fingerprint density at radius 3 is 2.71 bits per heavy atom. The molecule has 2 atom stereocenters. The molecule has 1 N–H and O–H groups in total. The zero-order valence-corrected chi connectivity index (χ0v) is 3.59. The van der Waals surface area contributed by atoms with Gasteiger partial charge in [0.25, 0.3) is 0 Å². The van der Waals surface area contributed by atoms with Crippen LogP contribution in [0, 0.1) is 5.92 Å². The fourth-order valence-electron chi connectivity index (χ4n) is 0.742. The number of hydrogen-bond donors (Lipinski definition) is 1. The van der Waals surface area contributed by atoms with Gasteiger partial charge in [0.05, 0.1) is 0 Å². The molecule has 0 radical (unpaired) electrons. The first-order chi connectivity index (χ1) is 3.38. The van der Waals surface area contributed by atoms with Gasteiger partial charge in [-0.2, -0.15) is 0 Å². The highest BCUT2D eigenvalue weighted by Crippen LogP contribution is 2.20. The lowest BCUT2D eigenvalue weighted by Crippen LogP contribution is -2.62. The molecule has 1 fully saturated rings. The van der Waals surface area contributed by atoms with Crippen LogP contribution in [0.15, 0.2) is 4.99 Å². The minimum Gasteiger partial charge on any atom is -0.333 e. The van der Waals surface area contributed by atoms with E-state index in [4.69, 9.17) is 0 Å². The molecule has 0 spiro atoms. The van der Waals surface area contributed by atoms with Crippen LogP contribution in [0.2, 0.25) is 0 Å². The SMILES string of the molecule is O=C1NC2N=CC12. The summed E-state index contributed by atoms with van der Waals surface area (Å²) in [6.07, 6.45) is 1.84. The van der Waals surface area contributed by atoms with Gasteiger partial charge in [0.15, 0.2) is 0 Å². The smallest absolute Gasteiger partial charge is 0.234 e. The Labute approximate surface area is 40.4 Å². The van der Waals surface area contributed by atoms with Crippen LogP contribution in [0.3, 0.4) is 0 Å². The van der Waals surface area contributed by atoms with E-state index in [-0.39, 0.29) is 18.0 Å². The predicted octanol–water partition coefficient (Wildman–Crippen LogP) is -0.857. The van der Waals surface area contributed by atoms with E-state index in [9.17, 15) is 4.79 Å². The summed E-state index contributed by atoms with van der Waals surface area (Å²) in [7, 11) is 0. The molecule has 36 valence electrons. The Kier molecular flexibility index (Phi) is 0.323. The molecule has 1 saturated heterocycles. The number of amides is 1. The number of rotatable bonds is 0. The van der Waals surface area contributed by atoms with E-state index in [1.165, 1.54) is 0 Å². The maximum Gasteiger partial charge on any atom is 0.234 e. The van der Waals surface area contributed by atoms with Crippen LogP contribution >= 0.6 is 0 Å². The Balaban J connectivity index is 2.29. The minimum absolute atomic E-state index is 0.125. The van der Waals surface area contributed by atoms with Gasteiger partial charge in [0.2, 0.25) is 5.91 Å². The summed E-state index contributed by atoms with van der Waals surface area (Å²) in [4.78, 5) is 14.1. The van der Waals surface area contributed by atoms with Crippen molar-refractivity contribution in [2.45, 2.75) is 6.17 Å². The van der Waals surface area contributed by atoms with Crippen molar-refractivity contribution in [3.05, 3.63) is 0 Å². The number of β-lactam (4-membered cyclic amide) rings is 1. The van der Waals surface area contributed by atoms with Gasteiger partial charge >= 0.3 is 0 Å². The van der Waals surface area contributed by atoms with Crippen molar-refractivity contribution in [3.8, 4) is 0 Å². The lowest BCUT2D eigenvalue weighted by atomic mass is 9.94. The molecule has 3 heteroatoms. The van der Waals surface area contributed by atoms with Crippen molar-refractivity contribution in [1.29, 1.82) is 0 Å². The first kappa shape index (κ1) is 3.18. The van der Waals surface area contributed by atoms with Crippen LogP contribution in [0.25, 0.3) is 0 Å². The fourth-order valence-corrected chi connectivity index (χ4v) is 0.742. The first-order valence-electron chi connectivity index (χ1n) is 2.21. The molecule has 2 rings (SSSR count). The molecule has 0 aromatic rings. The first-order valence-corrected chi connectivity index (χ1v) is 2.21. The summed E-state index contributed by atoms with van der Waals surface area (Å²) in [5.41, 5.74) is 0. The number of aliphatic imine (C=N–C) groups is 1. The number of nitrogens with zero attached hydrogens (tertiary/aromatic N) is 1. The minimum atomic E-state index is 0.125. The van der Waals surface area contributed by atoms with Gasteiger partial charge < -0.3 is 5.32 Å². The van der Waals surface area contributed by atoms with Crippen LogP contribution in [0.1, 0.15) is 0 Å². The van der Waals surface area contributed by atoms with Crippen LogP contribution in [0.4, 0.5) is 0 Å². The molecule has 2 unspecified atom stereocenters. The molecule has 3 nitrogen and oxygen atoms in total. The molecular weight excluding hydrogens is 92.1 g/mol. The molecule has 7 heavy (non-hydrogen) atoms. The fraction of sp³-hybridized carbons (Fsp3) is 0.500. The van der Waals surface area contributed by atoms with Gasteiger partial charge in [0.1, 0.15) is 12.1 Å². The van der Waals surface area contributed by atoms with Crippen molar-refractivity contribution in [2.24, 2.45) is 10.9 Å². The van der Waals surface area contributed by atoms with E-state index < -0.39 is 0 Å². The highest BCUT2D eigenvalue weighted by Gasteiger charge is 2.42. The second kappa shape index (κ2) is 0.710. The zero-order chi connectivity index (χ0) is 4.85. The third-order valence-electron chi connectivity index (χ3n) is 1.34. The lowest BCUT2D eigenvalue weighted by molar-refractivity contribution is -0.132. The number of carbonyl (C=O) groups is 1. The van der Waals surface area contributed by atoms with Crippen molar-refractivity contribution >= 4 is 12.1 Å². The van der Waals surface area contributed by atoms with Gasteiger partial charge in [-0.25, -0.2) is 0 Å². The maximum absolute atomic E-state index is 10.3. The molecule has 0 aromatic carbocycles. The van der Waals surface area contributed by atoms with Crippen LogP contribution in [0.5, 0.6) is 0 Å². The summed E-state index contributed by atoms with van der Waals surface area (Å²) in [6, 6.07) is 0. The number of fused-ring (bicyclic) bond motifs is 1. The molecule has 0 aliphatic carbocycles. The van der Waals surface area contributed by atoms with Gasteiger partial charge in [-0.15, -0.1) is 0 Å². The highest BCUT2D eigenvalue weighted by atomic mass is 16.2. The van der Waals surface area contributed by atoms with Gasteiger partial charge in [-0.05, 0) is 0 Å². The summed E-state index contributed by atoms with van der Waals surface area (Å²) in [6.45, 7) is 0. The molecule has 0 aromatic heterocycles. The van der Waals surface area contributed by atoms with Crippen LogP contribution in [-0.4, -0.2) is 18.3 Å². The van der Waals surface area contributed by atoms with E-state index in [2.05, 4.69) is 10.3 Å². The third kappa shape index (κ3) is 0.195. The van der Waals surface area contributed by atoms with Crippen LogP contribution in [-0.2, 0) is 4.79 Å². The van der Waals surface area contributed by atoms with E-state index in [0.29, 0.717) is 0 Å². The molecule has 2 aliphatic rings. The van der Waals surface area contributed by atoms with E-state index in [1.807, 2.05) is 0 Å². The molecular formula is C4H4N2O. The van der Waals surface area contributed by atoms with Gasteiger partial charge in [-0.3, -0.25) is 9.79 Å². The Bertz CT molecular complexity index is 152. The number of hydrogen-bond acceptors (Lipinski definition) is 2. The number of carbonyl (C=O) groups excluding carboxylic acids is 1.